The van der Waals surface area contributed by atoms with Crippen LogP contribution in [0.25, 0.3) is 11.1 Å². The highest BCUT2D eigenvalue weighted by atomic mass is 32.2. The van der Waals surface area contributed by atoms with Gasteiger partial charge in [0, 0.05) is 31.9 Å². The first-order valence-electron chi connectivity index (χ1n) is 8.17. The Morgan fingerprint density at radius 3 is 2.54 bits per heavy atom. The Morgan fingerprint density at radius 1 is 1.15 bits per heavy atom. The van der Waals surface area contributed by atoms with E-state index in [4.69, 9.17) is 8.94 Å². The second-order valence-corrected chi connectivity index (χ2v) is 8.11. The Labute approximate surface area is 149 Å². The third-order valence-electron chi connectivity index (χ3n) is 4.57. The topological polar surface area (TPSA) is 113 Å². The molecule has 1 aliphatic rings. The summed E-state index contributed by atoms with van der Waals surface area (Å²) in [5.41, 5.74) is 2.40. The number of aromatic amines is 1. The molecule has 26 heavy (non-hydrogen) atoms. The van der Waals surface area contributed by atoms with E-state index in [1.807, 2.05) is 12.1 Å². The molecule has 1 saturated heterocycles. The van der Waals surface area contributed by atoms with Crippen LogP contribution in [0.1, 0.15) is 11.5 Å². The van der Waals surface area contributed by atoms with Gasteiger partial charge in [0.05, 0.1) is 5.52 Å². The van der Waals surface area contributed by atoms with E-state index in [9.17, 15) is 13.2 Å². The van der Waals surface area contributed by atoms with Gasteiger partial charge < -0.3 is 13.8 Å². The number of nitrogens with one attached hydrogen (secondary N) is 1. The minimum atomic E-state index is -3.63. The molecule has 0 saturated carbocycles. The maximum atomic E-state index is 12.9. The molecule has 0 atom stereocenters. The highest BCUT2D eigenvalue weighted by Gasteiger charge is 2.33. The van der Waals surface area contributed by atoms with Crippen molar-refractivity contribution in [2.24, 2.45) is 0 Å². The van der Waals surface area contributed by atoms with E-state index in [0.717, 1.165) is 5.69 Å². The molecule has 0 amide bonds. The first-order chi connectivity index (χ1) is 12.4. The summed E-state index contributed by atoms with van der Waals surface area (Å²) in [5, 5.41) is 3.74. The predicted molar refractivity (Wildman–Crippen MR) is 93.8 cm³/mol. The van der Waals surface area contributed by atoms with E-state index in [0.29, 0.717) is 48.7 Å². The van der Waals surface area contributed by atoms with E-state index >= 15 is 0 Å². The Balaban J connectivity index is 1.54. The Morgan fingerprint density at radius 2 is 1.88 bits per heavy atom. The molecule has 1 fully saturated rings. The summed E-state index contributed by atoms with van der Waals surface area (Å²) in [6.45, 7) is 5.01. The van der Waals surface area contributed by atoms with Crippen LogP contribution in [0.3, 0.4) is 0 Å². The van der Waals surface area contributed by atoms with Crippen LogP contribution in [0.2, 0.25) is 0 Å². The van der Waals surface area contributed by atoms with Crippen molar-refractivity contribution in [1.29, 1.82) is 0 Å². The predicted octanol–water partition coefficient (Wildman–Crippen LogP) is 1.24. The summed E-state index contributed by atoms with van der Waals surface area (Å²) in [5.74, 6) is -0.188. The number of H-pyrrole nitrogens is 1. The fourth-order valence-electron chi connectivity index (χ4n) is 3.30. The van der Waals surface area contributed by atoms with E-state index in [1.54, 1.807) is 19.9 Å². The third kappa shape index (κ3) is 2.71. The molecular weight excluding hydrogens is 360 g/mol. The number of anilines is 1. The molecule has 3 heterocycles. The zero-order valence-electron chi connectivity index (χ0n) is 14.4. The molecule has 3 aromatic rings. The minimum absolute atomic E-state index is 0.156. The standard InChI is InChI=1S/C16H18N4O5S/c1-10-15(11(2)25-18-10)26(22,23)20-7-5-19(6-8-20)12-3-4-14-13(9-12)17-16(21)24-14/h3-4,9H,5-8H2,1-2H3,(H,17,21). The minimum Gasteiger partial charge on any atom is -0.408 e. The summed E-state index contributed by atoms with van der Waals surface area (Å²) >= 11 is 0. The zero-order chi connectivity index (χ0) is 18.5. The van der Waals surface area contributed by atoms with Crippen molar-refractivity contribution in [3.05, 3.63) is 40.2 Å². The molecule has 0 aliphatic carbocycles. The van der Waals surface area contributed by atoms with Gasteiger partial charge >= 0.3 is 5.76 Å². The van der Waals surface area contributed by atoms with Gasteiger partial charge in [-0.1, -0.05) is 5.16 Å². The molecule has 2 aromatic heterocycles. The first kappa shape index (κ1) is 16.9. The number of sulfonamides is 1. The van der Waals surface area contributed by atoms with Gasteiger partial charge in [0.1, 0.15) is 10.6 Å². The van der Waals surface area contributed by atoms with Gasteiger partial charge in [0.25, 0.3) is 0 Å². The molecule has 1 aliphatic heterocycles. The van der Waals surface area contributed by atoms with Crippen molar-refractivity contribution >= 4 is 26.8 Å². The van der Waals surface area contributed by atoms with Crippen LogP contribution in [-0.2, 0) is 10.0 Å². The van der Waals surface area contributed by atoms with Crippen molar-refractivity contribution in [1.82, 2.24) is 14.4 Å². The lowest BCUT2D eigenvalue weighted by atomic mass is 10.2. The van der Waals surface area contributed by atoms with Crippen LogP contribution in [0, 0.1) is 13.8 Å². The number of fused-ring (bicyclic) bond motifs is 1. The van der Waals surface area contributed by atoms with Gasteiger partial charge in [-0.25, -0.2) is 13.2 Å². The van der Waals surface area contributed by atoms with Crippen LogP contribution in [0.15, 0.2) is 36.8 Å². The molecule has 1 aromatic carbocycles. The van der Waals surface area contributed by atoms with E-state index in [1.165, 1.54) is 4.31 Å². The first-order valence-corrected chi connectivity index (χ1v) is 9.61. The fraction of sp³-hybridized carbons (Fsp3) is 0.375. The number of hydrogen-bond acceptors (Lipinski definition) is 7. The number of benzene rings is 1. The maximum absolute atomic E-state index is 12.9. The molecule has 0 spiro atoms. The molecular formula is C16H18N4O5S. The number of oxazole rings is 1. The van der Waals surface area contributed by atoms with E-state index < -0.39 is 15.8 Å². The maximum Gasteiger partial charge on any atom is 0.417 e. The average Bonchev–Trinajstić information content (AvgIpc) is 3.15. The smallest absolute Gasteiger partial charge is 0.408 e. The highest BCUT2D eigenvalue weighted by molar-refractivity contribution is 7.89. The van der Waals surface area contributed by atoms with Crippen LogP contribution < -0.4 is 10.7 Å². The van der Waals surface area contributed by atoms with E-state index in [-0.39, 0.29) is 4.90 Å². The van der Waals surface area contributed by atoms with Crippen LogP contribution >= 0.6 is 0 Å². The fourth-order valence-corrected chi connectivity index (χ4v) is 5.01. The van der Waals surface area contributed by atoms with Crippen molar-refractivity contribution in [2.45, 2.75) is 18.7 Å². The molecule has 9 nitrogen and oxygen atoms in total. The number of piperazine rings is 1. The van der Waals surface area contributed by atoms with Crippen molar-refractivity contribution in [2.75, 3.05) is 31.1 Å². The molecule has 0 unspecified atom stereocenters. The van der Waals surface area contributed by atoms with Crippen LogP contribution in [0.5, 0.6) is 0 Å². The lowest BCUT2D eigenvalue weighted by Crippen LogP contribution is -2.48. The monoisotopic (exact) mass is 378 g/mol. The average molecular weight is 378 g/mol. The van der Waals surface area contributed by atoms with E-state index in [2.05, 4.69) is 15.0 Å². The molecule has 0 bridgehead atoms. The highest BCUT2D eigenvalue weighted by Crippen LogP contribution is 2.26. The summed E-state index contributed by atoms with van der Waals surface area (Å²) < 4.78 is 37.2. The Kier molecular flexibility index (Phi) is 3.88. The molecule has 138 valence electrons. The summed E-state index contributed by atoms with van der Waals surface area (Å²) in [4.78, 5) is 16.1. The summed E-state index contributed by atoms with van der Waals surface area (Å²) in [6.07, 6.45) is 0. The van der Waals surface area contributed by atoms with Crippen molar-refractivity contribution in [3.63, 3.8) is 0 Å². The van der Waals surface area contributed by atoms with Crippen molar-refractivity contribution < 1.29 is 17.4 Å². The summed E-state index contributed by atoms with van der Waals surface area (Å²) in [6, 6.07) is 5.42. The Hall–Kier alpha value is -2.59. The van der Waals surface area contributed by atoms with Crippen LogP contribution in [-0.4, -0.2) is 49.0 Å². The molecule has 4 rings (SSSR count). The van der Waals surface area contributed by atoms with Crippen LogP contribution in [0.4, 0.5) is 5.69 Å². The lowest BCUT2D eigenvalue weighted by Gasteiger charge is -2.35. The van der Waals surface area contributed by atoms with Gasteiger partial charge in [0.15, 0.2) is 11.3 Å². The van der Waals surface area contributed by atoms with Gasteiger partial charge in [0.2, 0.25) is 10.0 Å². The van der Waals surface area contributed by atoms with Gasteiger partial charge in [-0.15, -0.1) is 0 Å². The number of aromatic nitrogens is 2. The molecule has 0 radical (unpaired) electrons. The number of hydrogen-bond donors (Lipinski definition) is 1. The third-order valence-corrected chi connectivity index (χ3v) is 6.72. The SMILES string of the molecule is Cc1noc(C)c1S(=O)(=O)N1CCN(c2ccc3oc(=O)[nH]c3c2)CC1. The number of aryl methyl sites for hydroxylation is 2. The number of rotatable bonds is 3. The lowest BCUT2D eigenvalue weighted by molar-refractivity contribution is 0.378. The normalized spacial score (nSPS) is 16.5. The van der Waals surface area contributed by atoms with Crippen molar-refractivity contribution in [3.8, 4) is 0 Å². The second-order valence-electron chi connectivity index (χ2n) is 6.24. The zero-order valence-corrected chi connectivity index (χ0v) is 15.2. The molecule has 1 N–H and O–H groups in total. The quantitative estimate of drug-likeness (QED) is 0.729. The largest absolute Gasteiger partial charge is 0.417 e. The van der Waals surface area contributed by atoms with Gasteiger partial charge in [-0.05, 0) is 32.0 Å². The Bertz CT molecular complexity index is 1100. The van der Waals surface area contributed by atoms with Gasteiger partial charge in [-0.2, -0.15) is 4.31 Å². The summed E-state index contributed by atoms with van der Waals surface area (Å²) in [7, 11) is -3.63. The molecule has 10 heteroatoms. The number of nitrogens with zero attached hydrogens (tertiary/aromatic N) is 3. The van der Waals surface area contributed by atoms with Gasteiger partial charge in [-0.3, -0.25) is 4.98 Å². The second kappa shape index (κ2) is 5.99.